The molecule has 0 saturated carbocycles. The van der Waals surface area contributed by atoms with Crippen LogP contribution in [0.5, 0.6) is 0 Å². The molecule has 1 unspecified atom stereocenters. The number of thioether (sulfide) groups is 2. The molecule has 0 bridgehead atoms. The molecule has 4 N–H and O–H groups in total. The number of carbonyl (C=O) groups excluding carboxylic acids is 5. The summed E-state index contributed by atoms with van der Waals surface area (Å²) in [6.45, 7) is 2.99. The Morgan fingerprint density at radius 3 is 2.00 bits per heavy atom. The first kappa shape index (κ1) is 24.1. The molecule has 0 aliphatic heterocycles. The Labute approximate surface area is 160 Å². The quantitative estimate of drug-likeness (QED) is 0.139. The van der Waals surface area contributed by atoms with Crippen molar-refractivity contribution in [1.29, 1.82) is 0 Å². The van der Waals surface area contributed by atoms with Crippen molar-refractivity contribution in [3.63, 3.8) is 0 Å². The molecule has 0 spiro atoms. The van der Waals surface area contributed by atoms with Gasteiger partial charge in [-0.25, -0.2) is 4.79 Å². The van der Waals surface area contributed by atoms with Crippen LogP contribution in [0.1, 0.15) is 13.8 Å². The predicted octanol–water partition coefficient (Wildman–Crippen LogP) is -1.59. The Morgan fingerprint density at radius 2 is 1.46 bits per heavy atom. The first-order chi connectivity index (χ1) is 12.3. The molecule has 1 atom stereocenters. The maximum absolute atomic E-state index is 11.9. The van der Waals surface area contributed by atoms with Crippen LogP contribution in [0.2, 0.25) is 0 Å². The molecule has 0 aromatic rings. The molecule has 0 aliphatic carbocycles. The van der Waals surface area contributed by atoms with E-state index >= 15 is 0 Å². The van der Waals surface area contributed by atoms with E-state index < -0.39 is 23.8 Å². The monoisotopic (exact) mass is 408 g/mol. The second-order valence-electron chi connectivity index (χ2n) is 4.84. The molecular weight excluding hydrogens is 384 g/mol. The highest BCUT2D eigenvalue weighted by atomic mass is 32.2. The van der Waals surface area contributed by atoms with Crippen LogP contribution in [0, 0.1) is 0 Å². The summed E-state index contributed by atoms with van der Waals surface area (Å²) in [5.41, 5.74) is 0. The summed E-state index contributed by atoms with van der Waals surface area (Å²) in [6.07, 6.45) is 0. The van der Waals surface area contributed by atoms with E-state index in [0.717, 1.165) is 0 Å². The third kappa shape index (κ3) is 12.4. The SMILES string of the molecule is COC(=O)C(CSCNC(C)=O)NC(=O)C(=O)NCCSCNC(C)=O. The Bertz CT molecular complexity index is 518. The zero-order valence-electron chi connectivity index (χ0n) is 14.9. The van der Waals surface area contributed by atoms with Gasteiger partial charge in [0.15, 0.2) is 0 Å². The van der Waals surface area contributed by atoms with Gasteiger partial charge in [-0.3, -0.25) is 19.2 Å². The maximum atomic E-state index is 11.9. The average Bonchev–Trinajstić information content (AvgIpc) is 2.58. The third-order valence-electron chi connectivity index (χ3n) is 2.66. The molecule has 12 heteroatoms. The summed E-state index contributed by atoms with van der Waals surface area (Å²) in [6, 6.07) is -1.01. The summed E-state index contributed by atoms with van der Waals surface area (Å²) in [4.78, 5) is 56.7. The fraction of sp³-hybridized carbons (Fsp3) is 0.643. The molecule has 148 valence electrons. The van der Waals surface area contributed by atoms with Crippen molar-refractivity contribution in [3.05, 3.63) is 0 Å². The molecule has 0 rings (SSSR count). The van der Waals surface area contributed by atoms with Crippen molar-refractivity contribution < 1.29 is 28.7 Å². The van der Waals surface area contributed by atoms with E-state index in [1.165, 1.54) is 44.5 Å². The molecule has 0 aliphatic rings. The van der Waals surface area contributed by atoms with Crippen molar-refractivity contribution in [2.24, 2.45) is 0 Å². The molecular formula is C14H24N4O6S2. The zero-order chi connectivity index (χ0) is 19.9. The predicted molar refractivity (Wildman–Crippen MR) is 99.2 cm³/mol. The first-order valence-corrected chi connectivity index (χ1v) is 9.89. The summed E-state index contributed by atoms with van der Waals surface area (Å²) < 4.78 is 4.59. The fourth-order valence-electron chi connectivity index (χ4n) is 1.41. The fourth-order valence-corrected chi connectivity index (χ4v) is 2.98. The van der Waals surface area contributed by atoms with Crippen LogP contribution in [0.3, 0.4) is 0 Å². The number of hydrogen-bond acceptors (Lipinski definition) is 8. The van der Waals surface area contributed by atoms with Crippen LogP contribution < -0.4 is 21.3 Å². The maximum Gasteiger partial charge on any atom is 0.329 e. The molecule has 26 heavy (non-hydrogen) atoms. The van der Waals surface area contributed by atoms with Gasteiger partial charge >= 0.3 is 17.8 Å². The highest BCUT2D eigenvalue weighted by Gasteiger charge is 2.24. The van der Waals surface area contributed by atoms with E-state index in [2.05, 4.69) is 26.0 Å². The number of nitrogens with one attached hydrogen (secondary N) is 4. The summed E-state index contributed by atoms with van der Waals surface area (Å²) in [7, 11) is 1.17. The normalized spacial score (nSPS) is 11.0. The standard InChI is InChI=1S/C14H24N4O6S2/c1-9(19)16-7-25-5-4-15-12(21)13(22)18-11(14(23)24-3)6-26-8-17-10(2)20/h11H,4-8H2,1-3H3,(H,15,21)(H,16,19)(H,17,20)(H,18,22). The lowest BCUT2D eigenvalue weighted by Crippen LogP contribution is -2.49. The minimum Gasteiger partial charge on any atom is -0.467 e. The van der Waals surface area contributed by atoms with Crippen molar-refractivity contribution in [1.82, 2.24) is 21.3 Å². The van der Waals surface area contributed by atoms with E-state index in [-0.39, 0.29) is 30.0 Å². The van der Waals surface area contributed by atoms with E-state index in [4.69, 9.17) is 0 Å². The van der Waals surface area contributed by atoms with Gasteiger partial charge < -0.3 is 26.0 Å². The average molecular weight is 409 g/mol. The van der Waals surface area contributed by atoms with Crippen LogP contribution >= 0.6 is 23.5 Å². The van der Waals surface area contributed by atoms with Crippen LogP contribution in [-0.2, 0) is 28.7 Å². The van der Waals surface area contributed by atoms with E-state index in [1.807, 2.05) is 0 Å². The number of carbonyl (C=O) groups is 5. The zero-order valence-corrected chi connectivity index (χ0v) is 16.5. The van der Waals surface area contributed by atoms with E-state index in [9.17, 15) is 24.0 Å². The molecule has 0 aromatic heterocycles. The Hall–Kier alpha value is -1.95. The summed E-state index contributed by atoms with van der Waals surface area (Å²) in [5, 5.41) is 9.84. The largest absolute Gasteiger partial charge is 0.467 e. The third-order valence-corrected chi connectivity index (χ3v) is 4.42. The van der Waals surface area contributed by atoms with Gasteiger partial charge in [0.05, 0.1) is 18.9 Å². The molecule has 4 amide bonds. The summed E-state index contributed by atoms with van der Waals surface area (Å²) >= 11 is 2.58. The number of amides is 4. The molecule has 0 fully saturated rings. The molecule has 0 heterocycles. The minimum atomic E-state index is -1.01. The second-order valence-corrected chi connectivity index (χ2v) is 6.97. The number of methoxy groups -OCH3 is 1. The molecule has 10 nitrogen and oxygen atoms in total. The van der Waals surface area contributed by atoms with Crippen molar-refractivity contribution in [2.45, 2.75) is 19.9 Å². The Kier molecular flexibility index (Phi) is 13.2. The van der Waals surface area contributed by atoms with E-state index in [1.54, 1.807) is 0 Å². The Balaban J connectivity index is 4.19. The highest BCUT2D eigenvalue weighted by Crippen LogP contribution is 2.03. The van der Waals surface area contributed by atoms with Crippen molar-refractivity contribution in [3.8, 4) is 0 Å². The topological polar surface area (TPSA) is 143 Å². The van der Waals surface area contributed by atoms with Crippen LogP contribution in [-0.4, -0.2) is 72.6 Å². The van der Waals surface area contributed by atoms with Crippen LogP contribution in [0.15, 0.2) is 0 Å². The van der Waals surface area contributed by atoms with Gasteiger partial charge in [0.2, 0.25) is 11.8 Å². The second kappa shape index (κ2) is 14.2. The summed E-state index contributed by atoms with van der Waals surface area (Å²) in [5.74, 6) is -1.56. The molecule has 0 saturated heterocycles. The first-order valence-electron chi connectivity index (χ1n) is 7.58. The van der Waals surface area contributed by atoms with Crippen LogP contribution in [0.4, 0.5) is 0 Å². The smallest absolute Gasteiger partial charge is 0.329 e. The van der Waals surface area contributed by atoms with Gasteiger partial charge in [-0.05, 0) is 0 Å². The Morgan fingerprint density at radius 1 is 0.885 bits per heavy atom. The molecule has 0 radical (unpaired) electrons. The van der Waals surface area contributed by atoms with Gasteiger partial charge in [-0.1, -0.05) is 0 Å². The number of ether oxygens (including phenoxy) is 1. The van der Waals surface area contributed by atoms with E-state index in [0.29, 0.717) is 11.6 Å². The lowest BCUT2D eigenvalue weighted by atomic mass is 10.3. The molecule has 0 aromatic carbocycles. The highest BCUT2D eigenvalue weighted by molar-refractivity contribution is 7.99. The number of esters is 1. The van der Waals surface area contributed by atoms with Crippen LogP contribution in [0.25, 0.3) is 0 Å². The van der Waals surface area contributed by atoms with Gasteiger partial charge in [-0.2, -0.15) is 0 Å². The van der Waals surface area contributed by atoms with Gasteiger partial charge in [0.1, 0.15) is 6.04 Å². The number of hydrogen-bond donors (Lipinski definition) is 4. The minimum absolute atomic E-state index is 0.137. The lowest BCUT2D eigenvalue weighted by Gasteiger charge is -2.16. The van der Waals surface area contributed by atoms with Gasteiger partial charge in [0.25, 0.3) is 0 Å². The van der Waals surface area contributed by atoms with Crippen molar-refractivity contribution in [2.75, 3.05) is 36.9 Å². The lowest BCUT2D eigenvalue weighted by molar-refractivity contribution is -0.146. The number of rotatable bonds is 11. The van der Waals surface area contributed by atoms with Gasteiger partial charge in [0, 0.05) is 31.9 Å². The van der Waals surface area contributed by atoms with Gasteiger partial charge in [-0.15, -0.1) is 23.5 Å². The van der Waals surface area contributed by atoms with Crippen molar-refractivity contribution >= 4 is 53.1 Å².